The van der Waals surface area contributed by atoms with Crippen molar-refractivity contribution < 1.29 is 34.1 Å². The molecule has 1 saturated heterocycles. The number of ether oxygens (including phenoxy) is 2. The minimum Gasteiger partial charge on any atom is -0.507 e. The minimum absolute atomic E-state index is 0.0301. The number of benzene rings is 2. The van der Waals surface area contributed by atoms with Crippen molar-refractivity contribution in [3.05, 3.63) is 65.2 Å². The maximum absolute atomic E-state index is 12.9. The average Bonchev–Trinajstić information content (AvgIpc) is 3.03. The predicted molar refractivity (Wildman–Crippen MR) is 112 cm³/mol. The first kappa shape index (κ1) is 21.9. The summed E-state index contributed by atoms with van der Waals surface area (Å²) in [5.74, 6) is -2.05. The summed E-state index contributed by atoms with van der Waals surface area (Å²) in [7, 11) is 2.95. The summed E-state index contributed by atoms with van der Waals surface area (Å²) in [5.41, 5.74) is 0.800. The number of carbonyl (C=O) groups is 3. The zero-order valence-corrected chi connectivity index (χ0v) is 17.2. The van der Waals surface area contributed by atoms with Gasteiger partial charge < -0.3 is 24.6 Å². The van der Waals surface area contributed by atoms with Crippen molar-refractivity contribution in [1.82, 2.24) is 4.90 Å². The van der Waals surface area contributed by atoms with E-state index in [1.165, 1.54) is 19.1 Å². The molecule has 2 aromatic rings. The van der Waals surface area contributed by atoms with Crippen LogP contribution in [-0.2, 0) is 14.4 Å². The van der Waals surface area contributed by atoms with Crippen molar-refractivity contribution in [3.8, 4) is 11.5 Å². The van der Waals surface area contributed by atoms with Crippen LogP contribution in [0.5, 0.6) is 11.5 Å². The van der Waals surface area contributed by atoms with Gasteiger partial charge in [-0.3, -0.25) is 14.4 Å². The van der Waals surface area contributed by atoms with Gasteiger partial charge in [-0.1, -0.05) is 30.3 Å². The molecule has 162 valence electrons. The van der Waals surface area contributed by atoms with E-state index in [0.29, 0.717) is 22.6 Å². The molecule has 3 rings (SSSR count). The van der Waals surface area contributed by atoms with E-state index in [0.717, 1.165) is 0 Å². The number of amides is 1. The molecule has 1 amide bonds. The number of carboxylic acids is 1. The minimum atomic E-state index is -1.00. The molecule has 1 atom stereocenters. The number of hydrogen-bond donors (Lipinski definition) is 2. The molecule has 0 bridgehead atoms. The number of aliphatic carboxylic acids is 1. The Bertz CT molecular complexity index is 1030. The van der Waals surface area contributed by atoms with Crippen LogP contribution in [-0.4, -0.2) is 53.5 Å². The summed E-state index contributed by atoms with van der Waals surface area (Å²) in [6.07, 6.45) is -0.00312. The topological polar surface area (TPSA) is 113 Å². The Kier molecular flexibility index (Phi) is 6.59. The van der Waals surface area contributed by atoms with Gasteiger partial charge in [0.2, 0.25) is 0 Å². The summed E-state index contributed by atoms with van der Waals surface area (Å²) in [4.78, 5) is 38.0. The lowest BCUT2D eigenvalue weighted by atomic mass is 9.94. The first-order valence-corrected chi connectivity index (χ1v) is 9.66. The van der Waals surface area contributed by atoms with E-state index in [-0.39, 0.29) is 30.7 Å². The van der Waals surface area contributed by atoms with Gasteiger partial charge in [-0.05, 0) is 18.6 Å². The number of hydrogen-bond acceptors (Lipinski definition) is 6. The molecule has 2 aromatic carbocycles. The van der Waals surface area contributed by atoms with Crippen molar-refractivity contribution in [2.45, 2.75) is 18.9 Å². The van der Waals surface area contributed by atoms with E-state index < -0.39 is 23.7 Å². The second-order valence-corrected chi connectivity index (χ2v) is 6.96. The molecule has 31 heavy (non-hydrogen) atoms. The van der Waals surface area contributed by atoms with Crippen LogP contribution < -0.4 is 9.47 Å². The fourth-order valence-corrected chi connectivity index (χ4v) is 3.63. The Morgan fingerprint density at radius 2 is 1.74 bits per heavy atom. The number of ketones is 1. The molecule has 0 aromatic heterocycles. The van der Waals surface area contributed by atoms with E-state index >= 15 is 0 Å². The summed E-state index contributed by atoms with van der Waals surface area (Å²) < 4.78 is 10.7. The molecule has 2 N–H and O–H groups in total. The number of rotatable bonds is 8. The van der Waals surface area contributed by atoms with Crippen molar-refractivity contribution in [3.63, 3.8) is 0 Å². The number of Topliss-reactive ketones (excluding diaryl/α,β-unsaturated/α-hetero) is 1. The van der Waals surface area contributed by atoms with Crippen LogP contribution in [0.25, 0.3) is 5.76 Å². The Morgan fingerprint density at radius 1 is 1.03 bits per heavy atom. The van der Waals surface area contributed by atoms with Gasteiger partial charge in [0.05, 0.1) is 25.8 Å². The highest BCUT2D eigenvalue weighted by molar-refractivity contribution is 6.46. The molecule has 0 unspecified atom stereocenters. The molecular formula is C23H23NO7. The fraction of sp³-hybridized carbons (Fsp3) is 0.261. The summed E-state index contributed by atoms with van der Waals surface area (Å²) >= 11 is 0. The van der Waals surface area contributed by atoms with Crippen LogP contribution in [0.3, 0.4) is 0 Å². The van der Waals surface area contributed by atoms with Gasteiger partial charge in [0.15, 0.2) is 0 Å². The maximum Gasteiger partial charge on any atom is 0.303 e. The lowest BCUT2D eigenvalue weighted by Crippen LogP contribution is -2.31. The number of carboxylic acid groups (broad SMARTS) is 1. The van der Waals surface area contributed by atoms with Gasteiger partial charge in [-0.25, -0.2) is 0 Å². The number of carbonyl (C=O) groups excluding carboxylic acids is 2. The van der Waals surface area contributed by atoms with E-state index in [1.807, 2.05) is 0 Å². The lowest BCUT2D eigenvalue weighted by molar-refractivity contribution is -0.140. The maximum atomic E-state index is 12.9. The summed E-state index contributed by atoms with van der Waals surface area (Å²) in [6, 6.07) is 12.5. The molecule has 8 heteroatoms. The summed E-state index contributed by atoms with van der Waals surface area (Å²) in [6.45, 7) is 0.0301. The molecule has 0 aliphatic carbocycles. The van der Waals surface area contributed by atoms with Crippen molar-refractivity contribution in [2.24, 2.45) is 0 Å². The number of likely N-dealkylation sites (tertiary alicyclic amines) is 1. The average molecular weight is 425 g/mol. The standard InChI is InChI=1S/C23H23NO7/c1-30-15-10-11-16(17(13-15)31-2)20-19(21(27)14-7-4-3-5-8-14)22(28)23(29)24(20)12-6-9-18(25)26/h3-5,7-8,10-11,13,20,27H,6,9,12H2,1-2H3,(H,25,26)/t20-/m0/s1. The Labute approximate surface area is 179 Å². The molecule has 0 spiro atoms. The molecule has 0 radical (unpaired) electrons. The highest BCUT2D eigenvalue weighted by Gasteiger charge is 2.46. The smallest absolute Gasteiger partial charge is 0.303 e. The van der Waals surface area contributed by atoms with Gasteiger partial charge in [0.1, 0.15) is 17.3 Å². The third-order valence-electron chi connectivity index (χ3n) is 5.11. The van der Waals surface area contributed by atoms with Crippen molar-refractivity contribution in [1.29, 1.82) is 0 Å². The Hall–Kier alpha value is -3.81. The number of methoxy groups -OCH3 is 2. The van der Waals surface area contributed by atoms with Crippen LogP contribution >= 0.6 is 0 Å². The van der Waals surface area contributed by atoms with E-state index in [1.54, 1.807) is 48.5 Å². The first-order valence-electron chi connectivity index (χ1n) is 9.66. The van der Waals surface area contributed by atoms with Crippen LogP contribution in [0.15, 0.2) is 54.1 Å². The van der Waals surface area contributed by atoms with Gasteiger partial charge in [0, 0.05) is 30.2 Å². The van der Waals surface area contributed by atoms with Crippen LogP contribution in [0, 0.1) is 0 Å². The Morgan fingerprint density at radius 3 is 2.35 bits per heavy atom. The highest BCUT2D eigenvalue weighted by atomic mass is 16.5. The number of nitrogens with zero attached hydrogens (tertiary/aromatic N) is 1. The molecule has 1 fully saturated rings. The zero-order chi connectivity index (χ0) is 22.5. The third kappa shape index (κ3) is 4.37. The van der Waals surface area contributed by atoms with Gasteiger partial charge in [-0.15, -0.1) is 0 Å². The van der Waals surface area contributed by atoms with E-state index in [2.05, 4.69) is 0 Å². The molecule has 1 aliphatic rings. The largest absolute Gasteiger partial charge is 0.507 e. The molecule has 1 aliphatic heterocycles. The molecule has 8 nitrogen and oxygen atoms in total. The second-order valence-electron chi connectivity index (χ2n) is 6.96. The van der Waals surface area contributed by atoms with Crippen LogP contribution in [0.4, 0.5) is 0 Å². The van der Waals surface area contributed by atoms with Crippen molar-refractivity contribution >= 4 is 23.4 Å². The van der Waals surface area contributed by atoms with Crippen molar-refractivity contribution in [2.75, 3.05) is 20.8 Å². The van der Waals surface area contributed by atoms with E-state index in [4.69, 9.17) is 14.6 Å². The predicted octanol–water partition coefficient (Wildman–Crippen LogP) is 2.99. The number of aliphatic hydroxyl groups is 1. The molecule has 0 saturated carbocycles. The monoisotopic (exact) mass is 425 g/mol. The number of aliphatic hydroxyl groups excluding tert-OH is 1. The van der Waals surface area contributed by atoms with E-state index in [9.17, 15) is 19.5 Å². The van der Waals surface area contributed by atoms with Crippen LogP contribution in [0.1, 0.15) is 30.0 Å². The Balaban J connectivity index is 2.16. The van der Waals surface area contributed by atoms with Gasteiger partial charge in [0.25, 0.3) is 11.7 Å². The SMILES string of the molecule is COc1ccc([C@H]2C(=C(O)c3ccccc3)C(=O)C(=O)N2CCCC(=O)O)c(OC)c1. The highest BCUT2D eigenvalue weighted by Crippen LogP contribution is 2.43. The first-order chi connectivity index (χ1) is 14.9. The zero-order valence-electron chi connectivity index (χ0n) is 17.2. The molecule has 1 heterocycles. The van der Waals surface area contributed by atoms with Gasteiger partial charge in [-0.2, -0.15) is 0 Å². The normalized spacial score (nSPS) is 17.6. The molecular weight excluding hydrogens is 402 g/mol. The fourth-order valence-electron chi connectivity index (χ4n) is 3.63. The quantitative estimate of drug-likeness (QED) is 0.380. The van der Waals surface area contributed by atoms with Crippen LogP contribution in [0.2, 0.25) is 0 Å². The third-order valence-corrected chi connectivity index (χ3v) is 5.11. The summed E-state index contributed by atoms with van der Waals surface area (Å²) in [5, 5.41) is 19.9. The van der Waals surface area contributed by atoms with Gasteiger partial charge >= 0.3 is 5.97 Å². The lowest BCUT2D eigenvalue weighted by Gasteiger charge is -2.26. The second kappa shape index (κ2) is 9.34.